The van der Waals surface area contributed by atoms with Crippen molar-refractivity contribution in [1.29, 1.82) is 0 Å². The average Bonchev–Trinajstić information content (AvgIpc) is 3.06. The molecule has 2 heterocycles. The van der Waals surface area contributed by atoms with Crippen LogP contribution in [0.5, 0.6) is 0 Å². The first-order chi connectivity index (χ1) is 10.5. The summed E-state index contributed by atoms with van der Waals surface area (Å²) in [7, 11) is 4.03. The zero-order valence-electron chi connectivity index (χ0n) is 12.2. The second kappa shape index (κ2) is 5.98. The third-order valence-corrected chi connectivity index (χ3v) is 4.51. The number of rotatable bonds is 3. The van der Waals surface area contributed by atoms with Crippen LogP contribution in [0.1, 0.15) is 5.69 Å². The summed E-state index contributed by atoms with van der Waals surface area (Å²) in [5.74, 6) is -0.134. The zero-order chi connectivity index (χ0) is 15.7. The third-order valence-electron chi connectivity index (χ3n) is 3.35. The lowest BCUT2D eigenvalue weighted by molar-refractivity contribution is -0.115. The van der Waals surface area contributed by atoms with Crippen molar-refractivity contribution in [1.82, 2.24) is 9.88 Å². The largest absolute Gasteiger partial charge is 0.378 e. The molecule has 1 aliphatic rings. The van der Waals surface area contributed by atoms with Gasteiger partial charge >= 0.3 is 0 Å². The normalized spacial score (nSPS) is 16.2. The Morgan fingerprint density at radius 1 is 1.23 bits per heavy atom. The molecule has 0 aliphatic carbocycles. The number of anilines is 1. The molecule has 1 amide bonds. The number of carbonyl (C=O) groups excluding carboxylic acids is 1. The average molecular weight is 329 g/mol. The van der Waals surface area contributed by atoms with Crippen LogP contribution in [-0.2, 0) is 4.79 Å². The SMILES string of the molecule is CN(C)c1ccc(-n2cccc2/C=C2/SC(=S)NC2=O)cc1. The molecule has 0 radical (unpaired) electrons. The number of thioether (sulfide) groups is 1. The van der Waals surface area contributed by atoms with Crippen molar-refractivity contribution in [2.45, 2.75) is 0 Å². The summed E-state index contributed by atoms with van der Waals surface area (Å²) in [5, 5.41) is 2.63. The molecule has 4 nitrogen and oxygen atoms in total. The molecule has 6 heteroatoms. The van der Waals surface area contributed by atoms with Crippen LogP contribution in [-0.4, -0.2) is 28.9 Å². The number of benzene rings is 1. The highest BCUT2D eigenvalue weighted by atomic mass is 32.2. The van der Waals surface area contributed by atoms with Crippen LogP contribution in [0.25, 0.3) is 11.8 Å². The minimum absolute atomic E-state index is 0.134. The molecule has 0 atom stereocenters. The van der Waals surface area contributed by atoms with E-state index in [2.05, 4.69) is 34.5 Å². The monoisotopic (exact) mass is 329 g/mol. The highest BCUT2D eigenvalue weighted by Gasteiger charge is 2.22. The molecule has 1 N–H and O–H groups in total. The lowest BCUT2D eigenvalue weighted by Crippen LogP contribution is -2.17. The van der Waals surface area contributed by atoms with Crippen molar-refractivity contribution in [3.05, 3.63) is 53.2 Å². The van der Waals surface area contributed by atoms with E-state index in [1.165, 1.54) is 11.8 Å². The molecule has 0 saturated carbocycles. The molecule has 1 aromatic carbocycles. The minimum Gasteiger partial charge on any atom is -0.378 e. The molecule has 112 valence electrons. The van der Waals surface area contributed by atoms with Gasteiger partial charge in [-0.15, -0.1) is 0 Å². The van der Waals surface area contributed by atoms with E-state index in [1.807, 2.05) is 43.1 Å². The Kier molecular flexibility index (Phi) is 4.04. The van der Waals surface area contributed by atoms with Gasteiger partial charge < -0.3 is 14.8 Å². The molecular formula is C16H15N3OS2. The van der Waals surface area contributed by atoms with Crippen LogP contribution in [0.2, 0.25) is 0 Å². The van der Waals surface area contributed by atoms with Crippen LogP contribution in [0.4, 0.5) is 5.69 Å². The van der Waals surface area contributed by atoms with Crippen molar-refractivity contribution in [3.63, 3.8) is 0 Å². The molecule has 1 aromatic heterocycles. The maximum absolute atomic E-state index is 11.8. The van der Waals surface area contributed by atoms with Crippen LogP contribution in [0.15, 0.2) is 47.5 Å². The van der Waals surface area contributed by atoms with Crippen molar-refractivity contribution >= 4 is 46.0 Å². The summed E-state index contributed by atoms with van der Waals surface area (Å²) in [6, 6.07) is 12.2. The second-order valence-corrected chi connectivity index (χ2v) is 6.78. The highest BCUT2D eigenvalue weighted by Crippen LogP contribution is 2.27. The molecule has 2 aromatic rings. The van der Waals surface area contributed by atoms with Crippen LogP contribution in [0, 0.1) is 0 Å². The summed E-state index contributed by atoms with van der Waals surface area (Å²) in [6.45, 7) is 0. The lowest BCUT2D eigenvalue weighted by atomic mass is 10.2. The van der Waals surface area contributed by atoms with Gasteiger partial charge in [0.1, 0.15) is 4.32 Å². The van der Waals surface area contributed by atoms with E-state index in [0.717, 1.165) is 17.1 Å². The first kappa shape index (κ1) is 14.9. The van der Waals surface area contributed by atoms with Crippen LogP contribution >= 0.6 is 24.0 Å². The van der Waals surface area contributed by atoms with Gasteiger partial charge in [-0.2, -0.15) is 0 Å². The fourth-order valence-corrected chi connectivity index (χ4v) is 3.24. The van der Waals surface area contributed by atoms with E-state index in [-0.39, 0.29) is 5.91 Å². The molecule has 1 saturated heterocycles. The molecule has 22 heavy (non-hydrogen) atoms. The Morgan fingerprint density at radius 3 is 2.55 bits per heavy atom. The predicted octanol–water partition coefficient (Wildman–Crippen LogP) is 3.03. The van der Waals surface area contributed by atoms with Gasteiger partial charge in [-0.3, -0.25) is 4.79 Å². The highest BCUT2D eigenvalue weighted by molar-refractivity contribution is 8.26. The van der Waals surface area contributed by atoms with Gasteiger partial charge in [0.2, 0.25) is 0 Å². The number of hydrogen-bond acceptors (Lipinski definition) is 4. The van der Waals surface area contributed by atoms with E-state index in [9.17, 15) is 4.79 Å². The van der Waals surface area contributed by atoms with E-state index in [0.29, 0.717) is 9.23 Å². The predicted molar refractivity (Wildman–Crippen MR) is 96.4 cm³/mol. The Hall–Kier alpha value is -2.05. The maximum Gasteiger partial charge on any atom is 0.263 e. The van der Waals surface area contributed by atoms with Gasteiger partial charge in [-0.05, 0) is 42.5 Å². The van der Waals surface area contributed by atoms with Crippen LogP contribution in [0.3, 0.4) is 0 Å². The summed E-state index contributed by atoms with van der Waals surface area (Å²) in [6.07, 6.45) is 3.84. The molecule has 0 bridgehead atoms. The van der Waals surface area contributed by atoms with E-state index >= 15 is 0 Å². The quantitative estimate of drug-likeness (QED) is 0.694. The van der Waals surface area contributed by atoms with Crippen molar-refractivity contribution in [2.75, 3.05) is 19.0 Å². The van der Waals surface area contributed by atoms with Gasteiger partial charge in [0.05, 0.1) is 4.91 Å². The second-order valence-electron chi connectivity index (χ2n) is 5.07. The van der Waals surface area contributed by atoms with Crippen molar-refractivity contribution in [3.8, 4) is 5.69 Å². The Morgan fingerprint density at radius 2 is 1.95 bits per heavy atom. The molecule has 0 spiro atoms. The zero-order valence-corrected chi connectivity index (χ0v) is 13.9. The van der Waals surface area contributed by atoms with Gasteiger partial charge in [0.15, 0.2) is 0 Å². The van der Waals surface area contributed by atoms with E-state index in [1.54, 1.807) is 0 Å². The molecule has 0 unspecified atom stereocenters. The number of aromatic nitrogens is 1. The van der Waals surface area contributed by atoms with Gasteiger partial charge in [-0.25, -0.2) is 0 Å². The Balaban J connectivity index is 1.94. The summed E-state index contributed by atoms with van der Waals surface area (Å²) in [4.78, 5) is 14.5. The molecule has 3 rings (SSSR count). The first-order valence-electron chi connectivity index (χ1n) is 6.74. The number of hydrogen-bond donors (Lipinski definition) is 1. The number of amides is 1. The minimum atomic E-state index is -0.134. The summed E-state index contributed by atoms with van der Waals surface area (Å²) < 4.78 is 2.55. The van der Waals surface area contributed by atoms with Crippen LogP contribution < -0.4 is 10.2 Å². The van der Waals surface area contributed by atoms with Gasteiger partial charge in [-0.1, -0.05) is 24.0 Å². The number of carbonyl (C=O) groups is 1. The summed E-state index contributed by atoms with van der Waals surface area (Å²) >= 11 is 6.31. The smallest absolute Gasteiger partial charge is 0.263 e. The first-order valence-corrected chi connectivity index (χ1v) is 7.97. The molecule has 1 fully saturated rings. The fraction of sp³-hybridized carbons (Fsp3) is 0.125. The fourth-order valence-electron chi connectivity index (χ4n) is 2.21. The van der Waals surface area contributed by atoms with E-state index < -0.39 is 0 Å². The maximum atomic E-state index is 11.8. The van der Waals surface area contributed by atoms with Crippen molar-refractivity contribution in [2.24, 2.45) is 0 Å². The van der Waals surface area contributed by atoms with E-state index in [4.69, 9.17) is 12.2 Å². The summed E-state index contributed by atoms with van der Waals surface area (Å²) in [5.41, 5.74) is 3.14. The Labute approximate surface area is 138 Å². The standard InChI is InChI=1S/C16H15N3OS2/c1-18(2)11-5-7-12(8-6-11)19-9-3-4-13(19)10-14-15(20)17-16(21)22-14/h3-10H,1-2H3,(H,17,20,21)/b14-10+. The molecule has 1 aliphatic heterocycles. The molecular weight excluding hydrogens is 314 g/mol. The number of nitrogens with zero attached hydrogens (tertiary/aromatic N) is 2. The van der Waals surface area contributed by atoms with Gasteiger partial charge in [0, 0.05) is 37.4 Å². The Bertz CT molecular complexity index is 760. The number of nitrogens with one attached hydrogen (secondary N) is 1. The third kappa shape index (κ3) is 2.93. The number of thiocarbonyl (C=S) groups is 1. The van der Waals surface area contributed by atoms with Crippen molar-refractivity contribution < 1.29 is 4.79 Å². The lowest BCUT2D eigenvalue weighted by Gasteiger charge is -2.13. The topological polar surface area (TPSA) is 37.3 Å². The van der Waals surface area contributed by atoms with Gasteiger partial charge in [0.25, 0.3) is 5.91 Å².